The average Bonchev–Trinajstić information content (AvgIpc) is 3.18. The third kappa shape index (κ3) is 3.42. The maximum atomic E-state index is 12.4. The number of hydrogen-bond donors (Lipinski definition) is 1. The van der Waals surface area contributed by atoms with E-state index in [0.29, 0.717) is 19.4 Å². The van der Waals surface area contributed by atoms with Gasteiger partial charge in [-0.25, -0.2) is 13.1 Å². The van der Waals surface area contributed by atoms with Gasteiger partial charge in [0.25, 0.3) is 0 Å². The van der Waals surface area contributed by atoms with Crippen LogP contribution in [0.25, 0.3) is 0 Å². The van der Waals surface area contributed by atoms with Gasteiger partial charge >= 0.3 is 0 Å². The topological polar surface area (TPSA) is 79.2 Å². The molecule has 2 fully saturated rings. The molecule has 1 aromatic rings. The van der Waals surface area contributed by atoms with Crippen molar-refractivity contribution in [3.63, 3.8) is 0 Å². The molecule has 0 bridgehead atoms. The predicted octanol–water partition coefficient (Wildman–Crippen LogP) is 2.73. The largest absolute Gasteiger partial charge is 0.496 e. The Kier molecular flexibility index (Phi) is 4.58. The fraction of sp³-hybridized carbons (Fsp3) is 0.611. The van der Waals surface area contributed by atoms with E-state index < -0.39 is 15.4 Å². The second-order valence-electron chi connectivity index (χ2n) is 7.16. The standard InChI is InChI=1S/C18H24N2O3S/c1-23-16-7-3-2-6-15(16)18(8-4-5-9-18)13-20-24(21,22)14-17(12-19)10-11-17/h2-3,6-7,20H,4-5,8-11,13-14H2,1H3. The highest BCUT2D eigenvalue weighted by molar-refractivity contribution is 7.89. The smallest absolute Gasteiger partial charge is 0.213 e. The van der Waals surface area contributed by atoms with Crippen molar-refractivity contribution in [1.29, 1.82) is 5.26 Å². The van der Waals surface area contributed by atoms with E-state index in [1.807, 2.05) is 24.3 Å². The predicted molar refractivity (Wildman–Crippen MR) is 92.2 cm³/mol. The number of nitrogens with one attached hydrogen (secondary N) is 1. The van der Waals surface area contributed by atoms with E-state index in [9.17, 15) is 8.42 Å². The van der Waals surface area contributed by atoms with Crippen LogP contribution >= 0.6 is 0 Å². The van der Waals surface area contributed by atoms with Gasteiger partial charge in [-0.1, -0.05) is 31.0 Å². The summed E-state index contributed by atoms with van der Waals surface area (Å²) < 4.78 is 33.2. The van der Waals surface area contributed by atoms with E-state index in [-0.39, 0.29) is 11.2 Å². The summed E-state index contributed by atoms with van der Waals surface area (Å²) in [6.07, 6.45) is 5.42. The summed E-state index contributed by atoms with van der Waals surface area (Å²) in [6, 6.07) is 10.0. The molecule has 0 spiro atoms. The molecule has 6 heteroatoms. The molecule has 0 aromatic heterocycles. The Morgan fingerprint density at radius 1 is 1.21 bits per heavy atom. The van der Waals surface area contributed by atoms with Gasteiger partial charge in [-0.2, -0.15) is 5.26 Å². The molecule has 5 nitrogen and oxygen atoms in total. The minimum Gasteiger partial charge on any atom is -0.496 e. The molecule has 3 rings (SSSR count). The van der Waals surface area contributed by atoms with Gasteiger partial charge in [0.2, 0.25) is 10.0 Å². The first-order chi connectivity index (χ1) is 11.4. The molecule has 0 heterocycles. The summed E-state index contributed by atoms with van der Waals surface area (Å²) >= 11 is 0. The number of nitrogens with zero attached hydrogens (tertiary/aromatic N) is 1. The lowest BCUT2D eigenvalue weighted by Crippen LogP contribution is -2.41. The van der Waals surface area contributed by atoms with Crippen molar-refractivity contribution >= 4 is 10.0 Å². The van der Waals surface area contributed by atoms with E-state index in [1.54, 1.807) is 7.11 Å². The second kappa shape index (κ2) is 6.38. The van der Waals surface area contributed by atoms with E-state index in [4.69, 9.17) is 10.00 Å². The minimum absolute atomic E-state index is 0.0848. The first-order valence-corrected chi connectivity index (χ1v) is 10.1. The maximum absolute atomic E-state index is 12.4. The number of hydrogen-bond acceptors (Lipinski definition) is 4. The van der Waals surface area contributed by atoms with Crippen LogP contribution in [0.3, 0.4) is 0 Å². The van der Waals surface area contributed by atoms with E-state index in [1.165, 1.54) is 0 Å². The van der Waals surface area contributed by atoms with Crippen LogP contribution in [0.2, 0.25) is 0 Å². The monoisotopic (exact) mass is 348 g/mol. The van der Waals surface area contributed by atoms with E-state index in [2.05, 4.69) is 10.8 Å². The van der Waals surface area contributed by atoms with Crippen molar-refractivity contribution in [2.75, 3.05) is 19.4 Å². The van der Waals surface area contributed by atoms with E-state index in [0.717, 1.165) is 37.0 Å². The van der Waals surface area contributed by atoms with Crippen molar-refractivity contribution in [2.45, 2.75) is 43.9 Å². The number of nitriles is 1. The van der Waals surface area contributed by atoms with Gasteiger partial charge in [-0.05, 0) is 31.7 Å². The third-order valence-electron chi connectivity index (χ3n) is 5.43. The Hall–Kier alpha value is -1.58. The quantitative estimate of drug-likeness (QED) is 0.822. The van der Waals surface area contributed by atoms with Crippen molar-refractivity contribution in [1.82, 2.24) is 4.72 Å². The molecule has 24 heavy (non-hydrogen) atoms. The molecule has 2 aliphatic carbocycles. The Labute approximate surface area is 144 Å². The molecule has 0 atom stereocenters. The fourth-order valence-electron chi connectivity index (χ4n) is 3.78. The molecule has 130 valence electrons. The molecular formula is C18H24N2O3S. The van der Waals surface area contributed by atoms with Crippen LogP contribution in [0.15, 0.2) is 24.3 Å². The Morgan fingerprint density at radius 2 is 1.88 bits per heavy atom. The summed E-state index contributed by atoms with van der Waals surface area (Å²) in [5, 5.41) is 9.14. The minimum atomic E-state index is -3.46. The molecule has 0 saturated heterocycles. The van der Waals surface area contributed by atoms with Gasteiger partial charge < -0.3 is 4.74 Å². The molecule has 1 N–H and O–H groups in total. The molecule has 2 saturated carbocycles. The first-order valence-electron chi connectivity index (χ1n) is 8.46. The van der Waals surface area contributed by atoms with Crippen LogP contribution in [0.4, 0.5) is 0 Å². The number of ether oxygens (including phenoxy) is 1. The van der Waals surface area contributed by atoms with Crippen LogP contribution in [-0.4, -0.2) is 27.8 Å². The van der Waals surface area contributed by atoms with Gasteiger partial charge in [0, 0.05) is 17.5 Å². The number of methoxy groups -OCH3 is 1. The van der Waals surface area contributed by atoms with Crippen molar-refractivity contribution in [2.24, 2.45) is 5.41 Å². The molecular weight excluding hydrogens is 324 g/mol. The Balaban J connectivity index is 1.79. The zero-order chi connectivity index (χ0) is 17.3. The lowest BCUT2D eigenvalue weighted by atomic mass is 9.78. The third-order valence-corrected chi connectivity index (χ3v) is 6.94. The average molecular weight is 348 g/mol. The summed E-state index contributed by atoms with van der Waals surface area (Å²) in [5.74, 6) is 0.729. The number of benzene rings is 1. The van der Waals surface area contributed by atoms with Crippen LogP contribution in [0.5, 0.6) is 5.75 Å². The maximum Gasteiger partial charge on any atom is 0.213 e. The summed E-state index contributed by atoms with van der Waals surface area (Å²) in [6.45, 7) is 0.372. The normalized spacial score (nSPS) is 21.2. The molecule has 0 aliphatic heterocycles. The van der Waals surface area contributed by atoms with Crippen molar-refractivity contribution in [3.8, 4) is 11.8 Å². The van der Waals surface area contributed by atoms with Crippen LogP contribution < -0.4 is 9.46 Å². The van der Waals surface area contributed by atoms with Gasteiger partial charge in [0.05, 0.1) is 24.3 Å². The van der Waals surface area contributed by atoms with Gasteiger partial charge in [-0.3, -0.25) is 0 Å². The van der Waals surface area contributed by atoms with E-state index >= 15 is 0 Å². The lowest BCUT2D eigenvalue weighted by Gasteiger charge is -2.31. The summed E-state index contributed by atoms with van der Waals surface area (Å²) in [5.41, 5.74) is 0.205. The number of sulfonamides is 1. The van der Waals surface area contributed by atoms with Gasteiger partial charge in [0.15, 0.2) is 0 Å². The Bertz CT molecular complexity index is 742. The number of para-hydroxylation sites is 1. The highest BCUT2D eigenvalue weighted by atomic mass is 32.2. The van der Waals surface area contributed by atoms with Gasteiger partial charge in [-0.15, -0.1) is 0 Å². The van der Waals surface area contributed by atoms with Crippen molar-refractivity contribution in [3.05, 3.63) is 29.8 Å². The Morgan fingerprint density at radius 3 is 2.46 bits per heavy atom. The SMILES string of the molecule is COc1ccccc1C1(CNS(=O)(=O)CC2(C#N)CC2)CCCC1. The van der Waals surface area contributed by atoms with Crippen LogP contribution in [0.1, 0.15) is 44.1 Å². The zero-order valence-corrected chi connectivity index (χ0v) is 14.9. The molecule has 0 amide bonds. The molecule has 1 aromatic carbocycles. The summed E-state index contributed by atoms with van der Waals surface area (Å²) in [7, 11) is -1.81. The summed E-state index contributed by atoms with van der Waals surface area (Å²) in [4.78, 5) is 0. The highest BCUT2D eigenvalue weighted by Gasteiger charge is 2.47. The van der Waals surface area contributed by atoms with Crippen LogP contribution in [-0.2, 0) is 15.4 Å². The highest BCUT2D eigenvalue weighted by Crippen LogP contribution is 2.47. The molecule has 0 unspecified atom stereocenters. The second-order valence-corrected chi connectivity index (χ2v) is 8.97. The molecule has 0 radical (unpaired) electrons. The fourth-order valence-corrected chi connectivity index (χ4v) is 5.46. The van der Waals surface area contributed by atoms with Crippen LogP contribution in [0, 0.1) is 16.7 Å². The zero-order valence-electron chi connectivity index (χ0n) is 14.0. The first kappa shape index (κ1) is 17.2. The lowest BCUT2D eigenvalue weighted by molar-refractivity contribution is 0.372. The van der Waals surface area contributed by atoms with Crippen molar-refractivity contribution < 1.29 is 13.2 Å². The number of rotatable bonds is 7. The molecule has 2 aliphatic rings. The van der Waals surface area contributed by atoms with Gasteiger partial charge in [0.1, 0.15) is 5.75 Å².